The molecular formula is C15H23N. The molecule has 0 aromatic carbocycles. The SMILES string of the molecule is CCc1c(C(C)C)nc2c(c1C)CCCC2. The van der Waals surface area contributed by atoms with Crippen LogP contribution in [0.25, 0.3) is 0 Å². The van der Waals surface area contributed by atoms with E-state index in [9.17, 15) is 0 Å². The van der Waals surface area contributed by atoms with Crippen LogP contribution in [0.4, 0.5) is 0 Å². The maximum atomic E-state index is 4.94. The third-order valence-corrected chi connectivity index (χ3v) is 3.81. The maximum absolute atomic E-state index is 4.94. The van der Waals surface area contributed by atoms with Crippen molar-refractivity contribution >= 4 is 0 Å². The molecule has 1 aromatic rings. The highest BCUT2D eigenvalue weighted by Gasteiger charge is 2.19. The second kappa shape index (κ2) is 4.57. The Morgan fingerprint density at radius 3 is 2.50 bits per heavy atom. The fourth-order valence-corrected chi connectivity index (χ4v) is 2.93. The molecule has 0 atom stereocenters. The quantitative estimate of drug-likeness (QED) is 0.731. The molecular weight excluding hydrogens is 194 g/mol. The van der Waals surface area contributed by atoms with Crippen molar-refractivity contribution in [2.45, 2.75) is 65.7 Å². The summed E-state index contributed by atoms with van der Waals surface area (Å²) in [4.78, 5) is 4.94. The Kier molecular flexibility index (Phi) is 3.32. The third kappa shape index (κ3) is 1.88. The zero-order chi connectivity index (χ0) is 11.7. The van der Waals surface area contributed by atoms with E-state index in [-0.39, 0.29) is 0 Å². The van der Waals surface area contributed by atoms with Crippen LogP contribution >= 0.6 is 0 Å². The molecule has 2 rings (SSSR count). The molecule has 0 radical (unpaired) electrons. The molecule has 0 saturated heterocycles. The summed E-state index contributed by atoms with van der Waals surface area (Å²) in [5, 5.41) is 0. The highest BCUT2D eigenvalue weighted by molar-refractivity contribution is 5.42. The van der Waals surface area contributed by atoms with Gasteiger partial charge in [0.2, 0.25) is 0 Å². The van der Waals surface area contributed by atoms with E-state index in [4.69, 9.17) is 4.98 Å². The second-order valence-electron chi connectivity index (χ2n) is 5.24. The minimum Gasteiger partial charge on any atom is -0.257 e. The molecule has 1 nitrogen and oxygen atoms in total. The van der Waals surface area contributed by atoms with E-state index in [0.29, 0.717) is 5.92 Å². The molecule has 0 aliphatic heterocycles. The summed E-state index contributed by atoms with van der Waals surface area (Å²) < 4.78 is 0. The van der Waals surface area contributed by atoms with Crippen molar-refractivity contribution in [3.05, 3.63) is 28.1 Å². The van der Waals surface area contributed by atoms with E-state index in [0.717, 1.165) is 6.42 Å². The molecule has 0 fully saturated rings. The van der Waals surface area contributed by atoms with Crippen LogP contribution in [0.2, 0.25) is 0 Å². The zero-order valence-corrected chi connectivity index (χ0v) is 11.1. The molecule has 1 heterocycles. The number of nitrogens with zero attached hydrogens (tertiary/aromatic N) is 1. The summed E-state index contributed by atoms with van der Waals surface area (Å²) in [6, 6.07) is 0. The molecule has 0 spiro atoms. The molecule has 1 aliphatic rings. The Labute approximate surface area is 99.3 Å². The average molecular weight is 217 g/mol. The van der Waals surface area contributed by atoms with Gasteiger partial charge in [-0.3, -0.25) is 4.98 Å². The number of pyridine rings is 1. The van der Waals surface area contributed by atoms with E-state index >= 15 is 0 Å². The van der Waals surface area contributed by atoms with Gasteiger partial charge in [0.05, 0.1) is 0 Å². The average Bonchev–Trinajstić information content (AvgIpc) is 2.29. The predicted octanol–water partition coefficient (Wildman–Crippen LogP) is 3.95. The lowest BCUT2D eigenvalue weighted by Crippen LogP contribution is -2.13. The number of fused-ring (bicyclic) bond motifs is 1. The van der Waals surface area contributed by atoms with Crippen molar-refractivity contribution in [1.29, 1.82) is 0 Å². The first kappa shape index (κ1) is 11.6. The molecule has 1 heteroatoms. The maximum Gasteiger partial charge on any atom is 0.0467 e. The van der Waals surface area contributed by atoms with E-state index in [1.165, 1.54) is 48.2 Å². The highest BCUT2D eigenvalue weighted by atomic mass is 14.7. The van der Waals surface area contributed by atoms with Gasteiger partial charge in [-0.15, -0.1) is 0 Å². The predicted molar refractivity (Wildman–Crippen MR) is 69.1 cm³/mol. The third-order valence-electron chi connectivity index (χ3n) is 3.81. The van der Waals surface area contributed by atoms with E-state index in [1.807, 2.05) is 0 Å². The summed E-state index contributed by atoms with van der Waals surface area (Å²) in [5.74, 6) is 0.556. The lowest BCUT2D eigenvalue weighted by molar-refractivity contribution is 0.648. The largest absolute Gasteiger partial charge is 0.257 e. The Hall–Kier alpha value is -0.850. The monoisotopic (exact) mass is 217 g/mol. The van der Waals surface area contributed by atoms with E-state index < -0.39 is 0 Å². The van der Waals surface area contributed by atoms with Crippen LogP contribution in [-0.2, 0) is 19.3 Å². The molecule has 88 valence electrons. The Morgan fingerprint density at radius 1 is 1.19 bits per heavy atom. The fourth-order valence-electron chi connectivity index (χ4n) is 2.93. The van der Waals surface area contributed by atoms with Crippen LogP contribution in [0.1, 0.15) is 67.6 Å². The van der Waals surface area contributed by atoms with Gasteiger partial charge in [0.15, 0.2) is 0 Å². The van der Waals surface area contributed by atoms with Crippen molar-refractivity contribution in [3.8, 4) is 0 Å². The van der Waals surface area contributed by atoms with Gasteiger partial charge < -0.3 is 0 Å². The summed E-state index contributed by atoms with van der Waals surface area (Å²) in [6.45, 7) is 9.08. The van der Waals surface area contributed by atoms with Gasteiger partial charge in [-0.05, 0) is 61.6 Å². The Balaban J connectivity index is 2.59. The van der Waals surface area contributed by atoms with Crippen molar-refractivity contribution in [1.82, 2.24) is 4.98 Å². The van der Waals surface area contributed by atoms with Crippen LogP contribution in [0, 0.1) is 6.92 Å². The summed E-state index contributed by atoms with van der Waals surface area (Å²) in [5.41, 5.74) is 7.35. The number of hydrogen-bond donors (Lipinski definition) is 0. The van der Waals surface area contributed by atoms with Crippen molar-refractivity contribution < 1.29 is 0 Å². The number of aromatic nitrogens is 1. The van der Waals surface area contributed by atoms with Crippen molar-refractivity contribution in [3.63, 3.8) is 0 Å². The van der Waals surface area contributed by atoms with Gasteiger partial charge >= 0.3 is 0 Å². The van der Waals surface area contributed by atoms with Crippen molar-refractivity contribution in [2.24, 2.45) is 0 Å². The van der Waals surface area contributed by atoms with Gasteiger partial charge in [-0.25, -0.2) is 0 Å². The lowest BCUT2D eigenvalue weighted by Gasteiger charge is -2.23. The number of rotatable bonds is 2. The summed E-state index contributed by atoms with van der Waals surface area (Å²) >= 11 is 0. The van der Waals surface area contributed by atoms with Crippen LogP contribution in [0.15, 0.2) is 0 Å². The molecule has 0 saturated carbocycles. The smallest absolute Gasteiger partial charge is 0.0467 e. The standard InChI is InChI=1S/C15H23N/c1-5-12-11(4)13-8-6-7-9-14(13)16-15(12)10(2)3/h10H,5-9H2,1-4H3. The molecule has 16 heavy (non-hydrogen) atoms. The van der Waals surface area contributed by atoms with Crippen LogP contribution < -0.4 is 0 Å². The van der Waals surface area contributed by atoms with Gasteiger partial charge in [0.25, 0.3) is 0 Å². The van der Waals surface area contributed by atoms with Gasteiger partial charge in [0.1, 0.15) is 0 Å². The highest BCUT2D eigenvalue weighted by Crippen LogP contribution is 2.30. The Morgan fingerprint density at radius 2 is 1.88 bits per heavy atom. The summed E-state index contributed by atoms with van der Waals surface area (Å²) in [6.07, 6.45) is 6.24. The summed E-state index contributed by atoms with van der Waals surface area (Å²) in [7, 11) is 0. The molecule has 0 bridgehead atoms. The van der Waals surface area contributed by atoms with Gasteiger partial charge in [-0.2, -0.15) is 0 Å². The first-order valence-corrected chi connectivity index (χ1v) is 6.66. The van der Waals surface area contributed by atoms with E-state index in [2.05, 4.69) is 27.7 Å². The van der Waals surface area contributed by atoms with E-state index in [1.54, 1.807) is 5.56 Å². The van der Waals surface area contributed by atoms with Gasteiger partial charge in [-0.1, -0.05) is 20.8 Å². The Bertz CT molecular complexity index is 391. The van der Waals surface area contributed by atoms with Crippen LogP contribution in [0.3, 0.4) is 0 Å². The first-order valence-electron chi connectivity index (χ1n) is 6.66. The molecule has 1 aliphatic carbocycles. The zero-order valence-electron chi connectivity index (χ0n) is 11.1. The second-order valence-corrected chi connectivity index (χ2v) is 5.24. The molecule has 0 unspecified atom stereocenters. The first-order chi connectivity index (χ1) is 7.65. The molecule has 1 aromatic heterocycles. The molecule has 0 amide bonds. The minimum atomic E-state index is 0.556. The topological polar surface area (TPSA) is 12.9 Å². The minimum absolute atomic E-state index is 0.556. The normalized spacial score (nSPS) is 15.3. The molecule has 0 N–H and O–H groups in total. The number of aryl methyl sites for hydroxylation is 1. The lowest BCUT2D eigenvalue weighted by atomic mass is 9.87. The number of hydrogen-bond acceptors (Lipinski definition) is 1. The van der Waals surface area contributed by atoms with Gasteiger partial charge in [0, 0.05) is 11.4 Å². The fraction of sp³-hybridized carbons (Fsp3) is 0.667. The van der Waals surface area contributed by atoms with Crippen molar-refractivity contribution in [2.75, 3.05) is 0 Å². The van der Waals surface area contributed by atoms with Crippen LogP contribution in [-0.4, -0.2) is 4.98 Å². The van der Waals surface area contributed by atoms with Crippen LogP contribution in [0.5, 0.6) is 0 Å².